The number of rotatable bonds is 2. The summed E-state index contributed by atoms with van der Waals surface area (Å²) in [5, 5.41) is 3.52. The highest BCUT2D eigenvalue weighted by Gasteiger charge is 2.42. The van der Waals surface area contributed by atoms with Gasteiger partial charge in [-0.15, -0.1) is 0 Å². The molecule has 1 N–H and O–H groups in total. The van der Waals surface area contributed by atoms with E-state index in [1.807, 2.05) is 12.1 Å². The van der Waals surface area contributed by atoms with Crippen molar-refractivity contribution in [1.82, 2.24) is 4.98 Å². The molecule has 0 radical (unpaired) electrons. The van der Waals surface area contributed by atoms with Crippen LogP contribution in [0.5, 0.6) is 0 Å². The smallest absolute Gasteiger partial charge is 0.123 e. The number of nitrogens with one attached hydrogen (secondary N) is 1. The van der Waals surface area contributed by atoms with E-state index in [0.717, 1.165) is 66.1 Å². The first-order chi connectivity index (χ1) is 11.2. The monoisotopic (exact) mass is 376 g/mol. The number of benzene rings is 1. The first kappa shape index (κ1) is 15.1. The number of anilines is 1. The maximum Gasteiger partial charge on any atom is 0.123 e. The van der Waals surface area contributed by atoms with Gasteiger partial charge in [-0.1, -0.05) is 12.1 Å². The molecule has 0 saturated carbocycles. The van der Waals surface area contributed by atoms with Gasteiger partial charge in [0.2, 0.25) is 0 Å². The summed E-state index contributed by atoms with van der Waals surface area (Å²) in [5.41, 5.74) is 4.60. The molecule has 0 amide bonds. The van der Waals surface area contributed by atoms with Crippen molar-refractivity contribution in [2.24, 2.45) is 0 Å². The largest absolute Gasteiger partial charge is 0.383 e. The lowest BCUT2D eigenvalue weighted by atomic mass is 9.78. The van der Waals surface area contributed by atoms with Gasteiger partial charge in [-0.2, -0.15) is 0 Å². The van der Waals surface area contributed by atoms with Crippen molar-refractivity contribution in [3.63, 3.8) is 0 Å². The number of nitrogens with zero attached hydrogens (tertiary/aromatic N) is 1. The Morgan fingerprint density at radius 1 is 1.22 bits per heavy atom. The highest BCUT2D eigenvalue weighted by Crippen LogP contribution is 2.43. The first-order valence-electron chi connectivity index (χ1n) is 7.92. The second-order valence-electron chi connectivity index (χ2n) is 6.38. The van der Waals surface area contributed by atoms with Crippen LogP contribution >= 0.6 is 15.9 Å². The van der Waals surface area contributed by atoms with Gasteiger partial charge < -0.3 is 10.1 Å². The summed E-state index contributed by atoms with van der Waals surface area (Å²) in [6.45, 7) is 2.54. The van der Waals surface area contributed by atoms with E-state index >= 15 is 0 Å². The molecule has 0 unspecified atom stereocenters. The molecule has 3 heterocycles. The Hall–Kier alpha value is -1.46. The van der Waals surface area contributed by atoms with Gasteiger partial charge in [0.1, 0.15) is 10.4 Å². The van der Waals surface area contributed by atoms with Crippen molar-refractivity contribution >= 4 is 21.6 Å². The molecular formula is C18H18BrFN2O. The molecule has 1 spiro atoms. The Morgan fingerprint density at radius 2 is 1.96 bits per heavy atom. The van der Waals surface area contributed by atoms with Gasteiger partial charge in [-0.05, 0) is 58.1 Å². The van der Waals surface area contributed by atoms with E-state index in [1.54, 1.807) is 0 Å². The van der Waals surface area contributed by atoms with Crippen LogP contribution in [-0.2, 0) is 16.6 Å². The summed E-state index contributed by atoms with van der Waals surface area (Å²) in [4.78, 5) is 4.87. The molecule has 1 aromatic heterocycles. The maximum absolute atomic E-state index is 13.0. The summed E-state index contributed by atoms with van der Waals surface area (Å²) >= 11 is 3.63. The summed E-state index contributed by atoms with van der Waals surface area (Å²) in [7, 11) is 0. The van der Waals surface area contributed by atoms with Gasteiger partial charge in [0.25, 0.3) is 0 Å². The fraction of sp³-hybridized carbons (Fsp3) is 0.389. The van der Waals surface area contributed by atoms with E-state index in [0.29, 0.717) is 0 Å². The molecule has 23 heavy (non-hydrogen) atoms. The summed E-state index contributed by atoms with van der Waals surface area (Å²) < 4.78 is 19.4. The Bertz CT molecular complexity index is 727. The minimum Gasteiger partial charge on any atom is -0.383 e. The molecule has 2 aliphatic heterocycles. The van der Waals surface area contributed by atoms with Gasteiger partial charge in [0.15, 0.2) is 0 Å². The first-order valence-corrected chi connectivity index (χ1v) is 8.72. The molecule has 5 heteroatoms. The number of fused-ring (bicyclic) bond motifs is 2. The van der Waals surface area contributed by atoms with Crippen molar-refractivity contribution in [3.05, 3.63) is 57.6 Å². The van der Waals surface area contributed by atoms with Crippen LogP contribution in [-0.4, -0.2) is 24.7 Å². The highest BCUT2D eigenvalue weighted by molar-refractivity contribution is 9.10. The van der Waals surface area contributed by atoms with E-state index in [-0.39, 0.29) is 11.2 Å². The standard InChI is InChI=1S/C18H18BrFN2O/c19-17-13(9-12-1-3-14(20)4-2-12)10-15-16(22-17)18(11-21-15)5-7-23-8-6-18/h1-4,10,21H,5-9,11H2. The average molecular weight is 377 g/mol. The minimum absolute atomic E-state index is 0.116. The fourth-order valence-electron chi connectivity index (χ4n) is 3.54. The van der Waals surface area contributed by atoms with E-state index in [2.05, 4.69) is 27.3 Å². The molecular weight excluding hydrogens is 359 g/mol. The Labute approximate surface area is 143 Å². The topological polar surface area (TPSA) is 34.1 Å². The van der Waals surface area contributed by atoms with Gasteiger partial charge in [0.05, 0.1) is 11.4 Å². The third-order valence-corrected chi connectivity index (χ3v) is 5.61. The van der Waals surface area contributed by atoms with Crippen LogP contribution in [0.1, 0.15) is 29.7 Å². The number of hydrogen-bond donors (Lipinski definition) is 1. The second kappa shape index (κ2) is 5.87. The summed E-state index contributed by atoms with van der Waals surface area (Å²) in [6, 6.07) is 8.82. The lowest BCUT2D eigenvalue weighted by Gasteiger charge is -2.32. The van der Waals surface area contributed by atoms with Crippen LogP contribution in [0.3, 0.4) is 0 Å². The van der Waals surface area contributed by atoms with Gasteiger partial charge >= 0.3 is 0 Å². The predicted octanol–water partition coefficient (Wildman–Crippen LogP) is 4.05. The van der Waals surface area contributed by atoms with Crippen LogP contribution < -0.4 is 5.32 Å². The number of pyridine rings is 1. The fourth-order valence-corrected chi connectivity index (χ4v) is 3.97. The van der Waals surface area contributed by atoms with Crippen molar-refractivity contribution in [2.45, 2.75) is 24.7 Å². The highest BCUT2D eigenvalue weighted by atomic mass is 79.9. The lowest BCUT2D eigenvalue weighted by Crippen LogP contribution is -2.36. The normalized spacial score (nSPS) is 18.7. The van der Waals surface area contributed by atoms with Crippen molar-refractivity contribution < 1.29 is 9.13 Å². The zero-order valence-corrected chi connectivity index (χ0v) is 14.3. The zero-order valence-electron chi connectivity index (χ0n) is 12.7. The third-order valence-electron chi connectivity index (χ3n) is 4.93. The number of ether oxygens (including phenoxy) is 1. The number of hydrogen-bond acceptors (Lipinski definition) is 3. The third kappa shape index (κ3) is 2.76. The molecule has 120 valence electrons. The SMILES string of the molecule is Fc1ccc(Cc2cc3c(nc2Br)C2(CCOCC2)CN3)cc1. The van der Waals surface area contributed by atoms with E-state index in [1.165, 1.54) is 12.1 Å². The van der Waals surface area contributed by atoms with Gasteiger partial charge in [-0.25, -0.2) is 9.37 Å². The van der Waals surface area contributed by atoms with E-state index < -0.39 is 0 Å². The zero-order chi connectivity index (χ0) is 15.9. The van der Waals surface area contributed by atoms with Gasteiger partial charge in [0, 0.05) is 31.6 Å². The van der Waals surface area contributed by atoms with E-state index in [4.69, 9.17) is 9.72 Å². The Balaban J connectivity index is 1.65. The molecule has 1 saturated heterocycles. The van der Waals surface area contributed by atoms with Crippen molar-refractivity contribution in [3.8, 4) is 0 Å². The molecule has 0 atom stereocenters. The lowest BCUT2D eigenvalue weighted by molar-refractivity contribution is 0.0554. The van der Waals surface area contributed by atoms with Crippen LogP contribution in [0, 0.1) is 5.82 Å². The molecule has 1 aromatic carbocycles. The summed E-state index contributed by atoms with van der Waals surface area (Å²) in [6.07, 6.45) is 2.77. The second-order valence-corrected chi connectivity index (χ2v) is 7.14. The molecule has 1 fully saturated rings. The number of aromatic nitrogens is 1. The minimum atomic E-state index is -0.206. The van der Waals surface area contributed by atoms with Crippen LogP contribution in [0.4, 0.5) is 10.1 Å². The number of halogens is 2. The molecule has 3 nitrogen and oxygen atoms in total. The quantitative estimate of drug-likeness (QED) is 0.802. The van der Waals surface area contributed by atoms with Gasteiger partial charge in [-0.3, -0.25) is 0 Å². The van der Waals surface area contributed by atoms with Crippen LogP contribution in [0.2, 0.25) is 0 Å². The van der Waals surface area contributed by atoms with Crippen molar-refractivity contribution in [1.29, 1.82) is 0 Å². The Morgan fingerprint density at radius 3 is 2.70 bits per heavy atom. The van der Waals surface area contributed by atoms with Crippen LogP contribution in [0.15, 0.2) is 34.9 Å². The Kier molecular flexibility index (Phi) is 3.85. The van der Waals surface area contributed by atoms with Crippen LogP contribution in [0.25, 0.3) is 0 Å². The molecule has 2 aliphatic rings. The maximum atomic E-state index is 13.0. The predicted molar refractivity (Wildman–Crippen MR) is 91.4 cm³/mol. The average Bonchev–Trinajstić information content (AvgIpc) is 2.88. The molecule has 0 bridgehead atoms. The molecule has 4 rings (SSSR count). The molecule has 0 aliphatic carbocycles. The van der Waals surface area contributed by atoms with E-state index in [9.17, 15) is 4.39 Å². The summed E-state index contributed by atoms with van der Waals surface area (Å²) in [5.74, 6) is -0.206. The molecule has 2 aromatic rings. The van der Waals surface area contributed by atoms with Crippen molar-refractivity contribution in [2.75, 3.05) is 25.1 Å².